The van der Waals surface area contributed by atoms with Crippen molar-refractivity contribution >= 4 is 11.9 Å². The fourth-order valence-corrected chi connectivity index (χ4v) is 4.51. The maximum absolute atomic E-state index is 13.2. The summed E-state index contributed by atoms with van der Waals surface area (Å²) in [7, 11) is 1.66. The number of methoxy groups -OCH3 is 1. The molecule has 1 aromatic rings. The van der Waals surface area contributed by atoms with E-state index in [1.54, 1.807) is 7.11 Å². The normalized spacial score (nSPS) is 28.1. The van der Waals surface area contributed by atoms with Crippen LogP contribution in [0.25, 0.3) is 0 Å². The molecule has 2 saturated carbocycles. The lowest BCUT2D eigenvalue weighted by atomic mass is 9.73. The molecule has 1 aliphatic heterocycles. The molecule has 0 aromatic heterocycles. The molecule has 3 amide bonds. The molecule has 1 heterocycles. The molecule has 0 bridgehead atoms. The maximum atomic E-state index is 13.2. The Labute approximate surface area is 160 Å². The second kappa shape index (κ2) is 7.15. The molecule has 146 valence electrons. The lowest BCUT2D eigenvalue weighted by Gasteiger charge is -2.37. The van der Waals surface area contributed by atoms with Gasteiger partial charge in [0.1, 0.15) is 11.3 Å². The first-order chi connectivity index (χ1) is 13.0. The molecule has 6 heteroatoms. The predicted octanol–water partition coefficient (Wildman–Crippen LogP) is 3.12. The van der Waals surface area contributed by atoms with Gasteiger partial charge in [0.05, 0.1) is 13.8 Å². The van der Waals surface area contributed by atoms with Gasteiger partial charge < -0.3 is 10.1 Å². The Morgan fingerprint density at radius 1 is 1.19 bits per heavy atom. The van der Waals surface area contributed by atoms with Gasteiger partial charge in [-0.25, -0.2) is 9.69 Å². The van der Waals surface area contributed by atoms with Crippen molar-refractivity contribution in [2.24, 2.45) is 5.92 Å². The van der Waals surface area contributed by atoms with Crippen molar-refractivity contribution in [2.45, 2.75) is 63.6 Å². The second-order valence-corrected chi connectivity index (χ2v) is 8.25. The summed E-state index contributed by atoms with van der Waals surface area (Å²) in [5.41, 5.74) is 0.487. The number of nitrogens with one attached hydrogen (secondary N) is 1. The Kier molecular flexibility index (Phi) is 4.84. The van der Waals surface area contributed by atoms with Crippen LogP contribution in [-0.4, -0.2) is 47.1 Å². The Hall–Kier alpha value is -2.08. The zero-order valence-electron chi connectivity index (χ0n) is 16.2. The van der Waals surface area contributed by atoms with Crippen LogP contribution >= 0.6 is 0 Å². The van der Waals surface area contributed by atoms with E-state index in [0.717, 1.165) is 56.4 Å². The number of benzene rings is 1. The van der Waals surface area contributed by atoms with Crippen molar-refractivity contribution in [1.82, 2.24) is 15.1 Å². The molecule has 0 radical (unpaired) electrons. The monoisotopic (exact) mass is 371 g/mol. The molecule has 3 aliphatic rings. The SMILES string of the molecule is COc1ccc(CN(CN2C(=O)N[C@@]3(CCCC[C@@H]3C)C2=O)C2CC2)cc1. The minimum atomic E-state index is -0.676. The quantitative estimate of drug-likeness (QED) is 0.781. The smallest absolute Gasteiger partial charge is 0.326 e. The Morgan fingerprint density at radius 2 is 1.93 bits per heavy atom. The number of ether oxygens (including phenoxy) is 1. The first kappa shape index (κ1) is 18.3. The van der Waals surface area contributed by atoms with Gasteiger partial charge in [0.15, 0.2) is 0 Å². The third-order valence-corrected chi connectivity index (χ3v) is 6.43. The molecular formula is C21H29N3O3. The lowest BCUT2D eigenvalue weighted by Crippen LogP contribution is -2.54. The minimum absolute atomic E-state index is 0.0277. The Morgan fingerprint density at radius 3 is 2.56 bits per heavy atom. The molecule has 1 aromatic carbocycles. The predicted molar refractivity (Wildman–Crippen MR) is 102 cm³/mol. The van der Waals surface area contributed by atoms with Crippen molar-refractivity contribution < 1.29 is 14.3 Å². The number of nitrogens with zero attached hydrogens (tertiary/aromatic N) is 2. The summed E-state index contributed by atoms with van der Waals surface area (Å²) >= 11 is 0. The molecule has 2 atom stereocenters. The van der Waals surface area contributed by atoms with Crippen LogP contribution in [0.4, 0.5) is 4.79 Å². The summed E-state index contributed by atoms with van der Waals surface area (Å²) in [5.74, 6) is 1.00. The minimum Gasteiger partial charge on any atom is -0.497 e. The molecule has 1 spiro atoms. The summed E-state index contributed by atoms with van der Waals surface area (Å²) < 4.78 is 5.22. The lowest BCUT2D eigenvalue weighted by molar-refractivity contribution is -0.135. The van der Waals surface area contributed by atoms with Crippen molar-refractivity contribution in [2.75, 3.05) is 13.8 Å². The average molecular weight is 371 g/mol. The molecular weight excluding hydrogens is 342 g/mol. The van der Waals surface area contributed by atoms with Crippen molar-refractivity contribution in [3.05, 3.63) is 29.8 Å². The highest BCUT2D eigenvalue weighted by Crippen LogP contribution is 2.39. The number of carbonyl (C=O) groups excluding carboxylic acids is 2. The number of amides is 3. The van der Waals surface area contributed by atoms with E-state index in [1.807, 2.05) is 24.3 Å². The molecule has 1 N–H and O–H groups in total. The van der Waals surface area contributed by atoms with Gasteiger partial charge in [-0.15, -0.1) is 0 Å². The van der Waals surface area contributed by atoms with E-state index in [9.17, 15) is 9.59 Å². The van der Waals surface area contributed by atoms with E-state index in [4.69, 9.17) is 4.74 Å². The van der Waals surface area contributed by atoms with Crippen LogP contribution < -0.4 is 10.1 Å². The number of imide groups is 1. The van der Waals surface area contributed by atoms with Crippen LogP contribution in [-0.2, 0) is 11.3 Å². The van der Waals surface area contributed by atoms with E-state index < -0.39 is 5.54 Å². The van der Waals surface area contributed by atoms with E-state index in [-0.39, 0.29) is 17.9 Å². The van der Waals surface area contributed by atoms with Gasteiger partial charge in [-0.1, -0.05) is 31.9 Å². The average Bonchev–Trinajstić information content (AvgIpc) is 3.49. The van der Waals surface area contributed by atoms with Gasteiger partial charge in [0.25, 0.3) is 5.91 Å². The molecule has 3 fully saturated rings. The fourth-order valence-electron chi connectivity index (χ4n) is 4.51. The van der Waals surface area contributed by atoms with Crippen LogP contribution in [0.15, 0.2) is 24.3 Å². The topological polar surface area (TPSA) is 61.9 Å². The third kappa shape index (κ3) is 3.43. The Balaban J connectivity index is 1.48. The summed E-state index contributed by atoms with van der Waals surface area (Å²) in [6, 6.07) is 8.22. The summed E-state index contributed by atoms with van der Waals surface area (Å²) in [6.07, 6.45) is 6.15. The van der Waals surface area contributed by atoms with Crippen LogP contribution in [0.2, 0.25) is 0 Å². The van der Waals surface area contributed by atoms with Crippen molar-refractivity contribution in [1.29, 1.82) is 0 Å². The zero-order chi connectivity index (χ0) is 19.0. The number of hydrogen-bond donors (Lipinski definition) is 1. The van der Waals surface area contributed by atoms with Gasteiger partial charge in [-0.05, 0) is 49.3 Å². The fraction of sp³-hybridized carbons (Fsp3) is 0.619. The van der Waals surface area contributed by atoms with Gasteiger partial charge in [0.2, 0.25) is 0 Å². The molecule has 6 nitrogen and oxygen atoms in total. The highest BCUT2D eigenvalue weighted by atomic mass is 16.5. The van der Waals surface area contributed by atoms with Gasteiger partial charge in [0, 0.05) is 12.6 Å². The number of rotatable bonds is 6. The standard InChI is InChI=1S/C21H29N3O3/c1-15-5-3-4-12-21(15)19(25)24(20(26)22-21)14-23(17-8-9-17)13-16-6-10-18(27-2)11-7-16/h6-7,10-11,15,17H,3-5,8-9,12-14H2,1-2H3,(H,22,26)/t15-,21+/m0/s1. The summed E-state index contributed by atoms with van der Waals surface area (Å²) in [5, 5.41) is 3.06. The zero-order valence-corrected chi connectivity index (χ0v) is 16.2. The van der Waals surface area contributed by atoms with Crippen molar-refractivity contribution in [3.63, 3.8) is 0 Å². The van der Waals surface area contributed by atoms with E-state index in [2.05, 4.69) is 17.1 Å². The highest BCUT2D eigenvalue weighted by Gasteiger charge is 2.55. The number of hydrogen-bond acceptors (Lipinski definition) is 4. The summed E-state index contributed by atoms with van der Waals surface area (Å²) in [6.45, 7) is 3.20. The van der Waals surface area contributed by atoms with Crippen LogP contribution in [0.5, 0.6) is 5.75 Å². The van der Waals surface area contributed by atoms with E-state index in [1.165, 1.54) is 4.90 Å². The molecule has 0 unspecified atom stereocenters. The van der Waals surface area contributed by atoms with Crippen LogP contribution in [0.1, 0.15) is 51.0 Å². The highest BCUT2D eigenvalue weighted by molar-refractivity contribution is 6.07. The molecule has 2 aliphatic carbocycles. The van der Waals surface area contributed by atoms with Crippen LogP contribution in [0, 0.1) is 5.92 Å². The van der Waals surface area contributed by atoms with Crippen LogP contribution in [0.3, 0.4) is 0 Å². The van der Waals surface area contributed by atoms with Gasteiger partial charge >= 0.3 is 6.03 Å². The third-order valence-electron chi connectivity index (χ3n) is 6.43. The van der Waals surface area contributed by atoms with E-state index in [0.29, 0.717) is 12.7 Å². The molecule has 1 saturated heterocycles. The molecule has 27 heavy (non-hydrogen) atoms. The number of urea groups is 1. The van der Waals surface area contributed by atoms with E-state index >= 15 is 0 Å². The largest absolute Gasteiger partial charge is 0.497 e. The second-order valence-electron chi connectivity index (χ2n) is 8.25. The molecule has 4 rings (SSSR count). The summed E-state index contributed by atoms with van der Waals surface area (Å²) in [4.78, 5) is 29.6. The first-order valence-electron chi connectivity index (χ1n) is 10.0. The van der Waals surface area contributed by atoms with Gasteiger partial charge in [-0.2, -0.15) is 0 Å². The van der Waals surface area contributed by atoms with Gasteiger partial charge in [-0.3, -0.25) is 9.69 Å². The first-order valence-corrected chi connectivity index (χ1v) is 10.0. The van der Waals surface area contributed by atoms with Crippen molar-refractivity contribution in [3.8, 4) is 5.75 Å². The number of carbonyl (C=O) groups is 2. The Bertz CT molecular complexity index is 716. The maximum Gasteiger partial charge on any atom is 0.326 e.